The van der Waals surface area contributed by atoms with Gasteiger partial charge in [0.25, 0.3) is 0 Å². The molecule has 1 aromatic rings. The lowest BCUT2D eigenvalue weighted by Crippen LogP contribution is -2.18. The van der Waals surface area contributed by atoms with Crippen LogP contribution < -0.4 is 5.32 Å². The fourth-order valence-corrected chi connectivity index (χ4v) is 1.37. The lowest BCUT2D eigenvalue weighted by atomic mass is 10.2. The first kappa shape index (κ1) is 8.68. The van der Waals surface area contributed by atoms with Crippen LogP contribution in [-0.2, 0) is 6.54 Å². The molecule has 0 aliphatic rings. The number of nitrogens with one attached hydrogen (secondary N) is 1. The van der Waals surface area contributed by atoms with E-state index in [2.05, 4.69) is 29.5 Å². The van der Waals surface area contributed by atoms with Crippen LogP contribution in [0.1, 0.15) is 19.5 Å². The molecule has 11 heavy (non-hydrogen) atoms. The quantitative estimate of drug-likeness (QED) is 0.746. The van der Waals surface area contributed by atoms with Crippen molar-refractivity contribution in [2.75, 3.05) is 6.54 Å². The maximum atomic E-state index is 4.17. The number of rotatable bonds is 4. The molecule has 0 amide bonds. The molecule has 1 aromatic heterocycles. The summed E-state index contributed by atoms with van der Waals surface area (Å²) in [6.07, 6.45) is 0. The van der Waals surface area contributed by atoms with Crippen LogP contribution in [0.4, 0.5) is 0 Å². The van der Waals surface area contributed by atoms with E-state index < -0.39 is 0 Å². The van der Waals surface area contributed by atoms with E-state index in [4.69, 9.17) is 0 Å². The zero-order valence-electron chi connectivity index (χ0n) is 7.00. The second kappa shape index (κ2) is 4.46. The molecule has 1 rings (SSSR count). The molecule has 0 aliphatic heterocycles. The van der Waals surface area contributed by atoms with Crippen LogP contribution in [0.25, 0.3) is 0 Å². The molecule has 0 spiro atoms. The summed E-state index contributed by atoms with van der Waals surface area (Å²) in [5.41, 5.74) is 3.02. The second-order valence-electron chi connectivity index (χ2n) is 3.00. The number of aromatic nitrogens is 1. The molecule has 0 saturated heterocycles. The largest absolute Gasteiger partial charge is 0.311 e. The Balaban J connectivity index is 2.14. The summed E-state index contributed by atoms with van der Waals surface area (Å²) >= 11 is 1.65. The van der Waals surface area contributed by atoms with Crippen molar-refractivity contribution in [3.63, 3.8) is 0 Å². The monoisotopic (exact) mass is 170 g/mol. The summed E-state index contributed by atoms with van der Waals surface area (Å²) in [7, 11) is 0. The molecule has 0 aliphatic carbocycles. The second-order valence-corrected chi connectivity index (χ2v) is 3.72. The SMILES string of the molecule is CC(C)CNCc1cscn1. The van der Waals surface area contributed by atoms with E-state index in [-0.39, 0.29) is 0 Å². The van der Waals surface area contributed by atoms with Crippen LogP contribution >= 0.6 is 11.3 Å². The summed E-state index contributed by atoms with van der Waals surface area (Å²) in [5.74, 6) is 0.716. The van der Waals surface area contributed by atoms with Gasteiger partial charge < -0.3 is 5.32 Å². The van der Waals surface area contributed by atoms with Crippen molar-refractivity contribution < 1.29 is 0 Å². The van der Waals surface area contributed by atoms with Crippen LogP contribution in [0.5, 0.6) is 0 Å². The van der Waals surface area contributed by atoms with E-state index in [0.29, 0.717) is 5.92 Å². The lowest BCUT2D eigenvalue weighted by Gasteiger charge is -2.04. The maximum Gasteiger partial charge on any atom is 0.0795 e. The van der Waals surface area contributed by atoms with E-state index in [1.165, 1.54) is 0 Å². The topological polar surface area (TPSA) is 24.9 Å². The van der Waals surface area contributed by atoms with Gasteiger partial charge in [-0.2, -0.15) is 0 Å². The zero-order valence-corrected chi connectivity index (χ0v) is 7.82. The Morgan fingerprint density at radius 3 is 3.00 bits per heavy atom. The summed E-state index contributed by atoms with van der Waals surface area (Å²) in [6.45, 7) is 6.38. The third-order valence-corrected chi connectivity index (χ3v) is 1.98. The average Bonchev–Trinajstić information content (AvgIpc) is 2.39. The van der Waals surface area contributed by atoms with Gasteiger partial charge >= 0.3 is 0 Å². The van der Waals surface area contributed by atoms with Gasteiger partial charge in [-0.25, -0.2) is 4.98 Å². The van der Waals surface area contributed by atoms with E-state index in [1.807, 2.05) is 5.51 Å². The molecular formula is C8H14N2S. The number of thiazole rings is 1. The Labute approximate surface area is 71.7 Å². The summed E-state index contributed by atoms with van der Waals surface area (Å²) in [4.78, 5) is 4.17. The van der Waals surface area contributed by atoms with Crippen molar-refractivity contribution in [3.05, 3.63) is 16.6 Å². The molecule has 0 radical (unpaired) electrons. The number of nitrogens with zero attached hydrogens (tertiary/aromatic N) is 1. The highest BCUT2D eigenvalue weighted by atomic mass is 32.1. The van der Waals surface area contributed by atoms with Crippen LogP contribution in [0.15, 0.2) is 10.9 Å². The number of hydrogen-bond donors (Lipinski definition) is 1. The first-order valence-corrected chi connectivity index (χ1v) is 4.81. The van der Waals surface area contributed by atoms with Gasteiger partial charge in [-0.1, -0.05) is 13.8 Å². The minimum atomic E-state index is 0.716. The Bertz CT molecular complexity index is 182. The van der Waals surface area contributed by atoms with E-state index in [1.54, 1.807) is 11.3 Å². The molecule has 0 aromatic carbocycles. The predicted molar refractivity (Wildman–Crippen MR) is 48.7 cm³/mol. The van der Waals surface area contributed by atoms with Gasteiger partial charge in [0, 0.05) is 11.9 Å². The highest BCUT2D eigenvalue weighted by Gasteiger charge is 1.95. The molecule has 1 N–H and O–H groups in total. The van der Waals surface area contributed by atoms with Gasteiger partial charge in [0.15, 0.2) is 0 Å². The highest BCUT2D eigenvalue weighted by molar-refractivity contribution is 7.07. The molecule has 0 bridgehead atoms. The van der Waals surface area contributed by atoms with Crippen LogP contribution in [0, 0.1) is 5.92 Å². The Hall–Kier alpha value is -0.410. The minimum Gasteiger partial charge on any atom is -0.311 e. The lowest BCUT2D eigenvalue weighted by molar-refractivity contribution is 0.549. The predicted octanol–water partition coefficient (Wildman–Crippen LogP) is 1.89. The Morgan fingerprint density at radius 1 is 1.64 bits per heavy atom. The Kier molecular flexibility index (Phi) is 3.52. The van der Waals surface area contributed by atoms with Crippen LogP contribution in [-0.4, -0.2) is 11.5 Å². The van der Waals surface area contributed by atoms with Crippen molar-refractivity contribution in [3.8, 4) is 0 Å². The molecular weight excluding hydrogens is 156 g/mol. The van der Waals surface area contributed by atoms with E-state index >= 15 is 0 Å². The van der Waals surface area contributed by atoms with Crippen molar-refractivity contribution in [1.29, 1.82) is 0 Å². The van der Waals surface area contributed by atoms with Gasteiger partial charge in [0.1, 0.15) is 0 Å². The molecule has 0 atom stereocenters. The molecule has 0 saturated carbocycles. The molecule has 1 heterocycles. The zero-order chi connectivity index (χ0) is 8.10. The van der Waals surface area contributed by atoms with Crippen molar-refractivity contribution >= 4 is 11.3 Å². The summed E-state index contributed by atoms with van der Waals surface area (Å²) < 4.78 is 0. The fraction of sp³-hybridized carbons (Fsp3) is 0.625. The molecule has 0 unspecified atom stereocenters. The number of hydrogen-bond acceptors (Lipinski definition) is 3. The third-order valence-electron chi connectivity index (χ3n) is 1.34. The highest BCUT2D eigenvalue weighted by Crippen LogP contribution is 1.99. The van der Waals surface area contributed by atoms with E-state index in [9.17, 15) is 0 Å². The maximum absolute atomic E-state index is 4.17. The van der Waals surface area contributed by atoms with Crippen molar-refractivity contribution in [2.24, 2.45) is 5.92 Å². The van der Waals surface area contributed by atoms with Crippen LogP contribution in [0.3, 0.4) is 0 Å². The molecule has 0 fully saturated rings. The average molecular weight is 170 g/mol. The molecule has 2 nitrogen and oxygen atoms in total. The summed E-state index contributed by atoms with van der Waals surface area (Å²) in [5, 5.41) is 5.41. The van der Waals surface area contributed by atoms with Crippen LogP contribution in [0.2, 0.25) is 0 Å². The van der Waals surface area contributed by atoms with Gasteiger partial charge in [-0.05, 0) is 12.5 Å². The van der Waals surface area contributed by atoms with Gasteiger partial charge in [-0.15, -0.1) is 11.3 Å². The van der Waals surface area contributed by atoms with Gasteiger partial charge in [0.2, 0.25) is 0 Å². The van der Waals surface area contributed by atoms with E-state index in [0.717, 1.165) is 18.8 Å². The standard InChI is InChI=1S/C8H14N2S/c1-7(2)3-9-4-8-5-11-6-10-8/h5-7,9H,3-4H2,1-2H3. The molecule has 62 valence electrons. The Morgan fingerprint density at radius 2 is 2.45 bits per heavy atom. The minimum absolute atomic E-state index is 0.716. The first-order valence-electron chi connectivity index (χ1n) is 3.87. The van der Waals surface area contributed by atoms with Gasteiger partial charge in [-0.3, -0.25) is 0 Å². The normalized spacial score (nSPS) is 10.8. The third kappa shape index (κ3) is 3.49. The molecule has 3 heteroatoms. The van der Waals surface area contributed by atoms with Gasteiger partial charge in [0.05, 0.1) is 11.2 Å². The first-order chi connectivity index (χ1) is 5.29. The van der Waals surface area contributed by atoms with Crippen molar-refractivity contribution in [2.45, 2.75) is 20.4 Å². The fourth-order valence-electron chi connectivity index (χ4n) is 0.814. The smallest absolute Gasteiger partial charge is 0.0795 e. The van der Waals surface area contributed by atoms with Crippen molar-refractivity contribution in [1.82, 2.24) is 10.3 Å². The summed E-state index contributed by atoms with van der Waals surface area (Å²) in [6, 6.07) is 0.